The van der Waals surface area contributed by atoms with Crippen molar-refractivity contribution in [3.05, 3.63) is 35.9 Å². The summed E-state index contributed by atoms with van der Waals surface area (Å²) in [5, 5.41) is 1.93. The van der Waals surface area contributed by atoms with Crippen LogP contribution in [-0.2, 0) is 0 Å². The number of carbonyl (C=O) groups excluding carboxylic acids is 1. The maximum Gasteiger partial charge on any atom is 0.169 e. The van der Waals surface area contributed by atoms with Crippen LogP contribution in [0, 0.1) is 0 Å². The van der Waals surface area contributed by atoms with Gasteiger partial charge in [-0.2, -0.15) is 0 Å². The molecule has 0 aliphatic rings. The van der Waals surface area contributed by atoms with Crippen molar-refractivity contribution in [2.45, 2.75) is 39.9 Å². The SMILES string of the molecule is CC(C)Oc1ccc2cc(C=O)ccc2c1OC(C)C. The van der Waals surface area contributed by atoms with Crippen LogP contribution in [0.25, 0.3) is 10.8 Å². The molecule has 0 amide bonds. The lowest BCUT2D eigenvalue weighted by atomic mass is 10.1. The second-order valence-corrected chi connectivity index (χ2v) is 5.32. The molecule has 20 heavy (non-hydrogen) atoms. The summed E-state index contributed by atoms with van der Waals surface area (Å²) >= 11 is 0. The first-order valence-corrected chi connectivity index (χ1v) is 6.86. The average molecular weight is 272 g/mol. The molecular formula is C17H20O3. The van der Waals surface area contributed by atoms with Crippen LogP contribution in [0.15, 0.2) is 30.3 Å². The number of hydrogen-bond donors (Lipinski definition) is 0. The third kappa shape index (κ3) is 3.10. The smallest absolute Gasteiger partial charge is 0.169 e. The van der Waals surface area contributed by atoms with Gasteiger partial charge in [0.2, 0.25) is 0 Å². The monoisotopic (exact) mass is 272 g/mol. The van der Waals surface area contributed by atoms with Gasteiger partial charge in [-0.25, -0.2) is 0 Å². The zero-order valence-electron chi connectivity index (χ0n) is 12.3. The van der Waals surface area contributed by atoms with Crippen molar-refractivity contribution in [1.82, 2.24) is 0 Å². The Balaban J connectivity index is 2.59. The molecule has 0 spiro atoms. The third-order valence-electron chi connectivity index (χ3n) is 2.81. The van der Waals surface area contributed by atoms with Gasteiger partial charge >= 0.3 is 0 Å². The third-order valence-corrected chi connectivity index (χ3v) is 2.81. The standard InChI is InChI=1S/C17H20O3/c1-11(2)19-16-8-6-14-9-13(10-18)5-7-15(14)17(16)20-12(3)4/h5-12H,1-4H3. The molecule has 0 aliphatic carbocycles. The highest BCUT2D eigenvalue weighted by molar-refractivity contribution is 5.94. The van der Waals surface area contributed by atoms with E-state index >= 15 is 0 Å². The minimum absolute atomic E-state index is 0.0564. The van der Waals surface area contributed by atoms with Gasteiger partial charge in [-0.05, 0) is 51.3 Å². The molecule has 3 heteroatoms. The molecule has 0 heterocycles. The molecule has 0 bridgehead atoms. The lowest BCUT2D eigenvalue weighted by Gasteiger charge is -2.19. The van der Waals surface area contributed by atoms with E-state index < -0.39 is 0 Å². The Morgan fingerprint density at radius 3 is 2.25 bits per heavy atom. The van der Waals surface area contributed by atoms with E-state index in [1.807, 2.05) is 52.0 Å². The van der Waals surface area contributed by atoms with Crippen molar-refractivity contribution in [3.63, 3.8) is 0 Å². The van der Waals surface area contributed by atoms with Crippen molar-refractivity contribution in [2.75, 3.05) is 0 Å². The van der Waals surface area contributed by atoms with E-state index in [9.17, 15) is 4.79 Å². The Labute approximate surface area is 119 Å². The molecule has 3 nitrogen and oxygen atoms in total. The van der Waals surface area contributed by atoms with Crippen molar-refractivity contribution < 1.29 is 14.3 Å². The Morgan fingerprint density at radius 2 is 1.65 bits per heavy atom. The molecule has 0 N–H and O–H groups in total. The van der Waals surface area contributed by atoms with E-state index in [4.69, 9.17) is 9.47 Å². The minimum Gasteiger partial charge on any atom is -0.487 e. The van der Waals surface area contributed by atoms with Crippen LogP contribution in [0.4, 0.5) is 0 Å². The number of hydrogen-bond acceptors (Lipinski definition) is 3. The van der Waals surface area contributed by atoms with Gasteiger partial charge in [-0.3, -0.25) is 4.79 Å². The van der Waals surface area contributed by atoms with Crippen molar-refractivity contribution >= 4 is 17.1 Å². The fourth-order valence-electron chi connectivity index (χ4n) is 2.08. The number of fused-ring (bicyclic) bond motifs is 1. The largest absolute Gasteiger partial charge is 0.487 e. The van der Waals surface area contributed by atoms with Crippen LogP contribution in [-0.4, -0.2) is 18.5 Å². The molecule has 106 valence electrons. The molecule has 0 aliphatic heterocycles. The number of carbonyl (C=O) groups is 1. The summed E-state index contributed by atoms with van der Waals surface area (Å²) in [6.07, 6.45) is 0.984. The molecule has 2 aromatic rings. The van der Waals surface area contributed by atoms with Crippen LogP contribution in [0.2, 0.25) is 0 Å². The molecule has 0 aromatic heterocycles. The van der Waals surface area contributed by atoms with Crippen LogP contribution in [0.3, 0.4) is 0 Å². The number of aldehydes is 1. The summed E-state index contributed by atoms with van der Waals surface area (Å²) in [6, 6.07) is 9.40. The van der Waals surface area contributed by atoms with Gasteiger partial charge in [0, 0.05) is 10.9 Å². The van der Waals surface area contributed by atoms with Crippen molar-refractivity contribution in [2.24, 2.45) is 0 Å². The summed E-state index contributed by atoms with van der Waals surface area (Å²) in [4.78, 5) is 10.9. The lowest BCUT2D eigenvalue weighted by molar-refractivity contribution is 0.112. The summed E-state index contributed by atoms with van der Waals surface area (Å²) in [7, 11) is 0. The van der Waals surface area contributed by atoms with Gasteiger partial charge in [0.05, 0.1) is 12.2 Å². The van der Waals surface area contributed by atoms with Crippen LogP contribution in [0.1, 0.15) is 38.1 Å². The van der Waals surface area contributed by atoms with Gasteiger partial charge in [-0.15, -0.1) is 0 Å². The van der Waals surface area contributed by atoms with E-state index in [0.29, 0.717) is 5.56 Å². The molecule has 0 radical (unpaired) electrons. The van der Waals surface area contributed by atoms with Crippen LogP contribution < -0.4 is 9.47 Å². The number of ether oxygens (including phenoxy) is 2. The Kier molecular flexibility index (Phi) is 4.28. The first-order chi connectivity index (χ1) is 9.51. The maximum atomic E-state index is 10.9. The van der Waals surface area contributed by atoms with E-state index in [2.05, 4.69) is 0 Å². The fraction of sp³-hybridized carbons (Fsp3) is 0.353. The van der Waals surface area contributed by atoms with Gasteiger partial charge < -0.3 is 9.47 Å². The van der Waals surface area contributed by atoms with Crippen molar-refractivity contribution in [1.29, 1.82) is 0 Å². The predicted molar refractivity (Wildman–Crippen MR) is 80.9 cm³/mol. The maximum absolute atomic E-state index is 10.9. The van der Waals surface area contributed by atoms with Gasteiger partial charge in [0.15, 0.2) is 11.5 Å². The quantitative estimate of drug-likeness (QED) is 0.764. The van der Waals surface area contributed by atoms with Crippen LogP contribution >= 0.6 is 0 Å². The summed E-state index contributed by atoms with van der Waals surface area (Å²) in [5.41, 5.74) is 0.658. The highest BCUT2D eigenvalue weighted by atomic mass is 16.5. The number of rotatable bonds is 5. The molecule has 0 saturated carbocycles. The second-order valence-electron chi connectivity index (χ2n) is 5.32. The summed E-state index contributed by atoms with van der Waals surface area (Å²) < 4.78 is 11.7. The minimum atomic E-state index is 0.0564. The summed E-state index contributed by atoms with van der Waals surface area (Å²) in [6.45, 7) is 7.94. The lowest BCUT2D eigenvalue weighted by Crippen LogP contribution is -2.11. The molecule has 0 fully saturated rings. The molecule has 0 saturated heterocycles. The fourth-order valence-corrected chi connectivity index (χ4v) is 2.08. The first-order valence-electron chi connectivity index (χ1n) is 6.86. The normalized spacial score (nSPS) is 11.1. The van der Waals surface area contributed by atoms with Crippen molar-refractivity contribution in [3.8, 4) is 11.5 Å². The molecule has 2 aromatic carbocycles. The predicted octanol–water partition coefficient (Wildman–Crippen LogP) is 4.23. The molecular weight excluding hydrogens is 252 g/mol. The van der Waals surface area contributed by atoms with Gasteiger partial charge in [0.1, 0.15) is 6.29 Å². The molecule has 0 atom stereocenters. The van der Waals surface area contributed by atoms with E-state index in [0.717, 1.165) is 28.6 Å². The Bertz CT molecular complexity index is 615. The second kappa shape index (κ2) is 5.95. The number of benzene rings is 2. The van der Waals surface area contributed by atoms with Gasteiger partial charge in [-0.1, -0.05) is 12.1 Å². The molecule has 0 unspecified atom stereocenters. The Morgan fingerprint density at radius 1 is 0.950 bits per heavy atom. The molecule has 2 rings (SSSR count). The highest BCUT2D eigenvalue weighted by Crippen LogP contribution is 2.37. The Hall–Kier alpha value is -2.03. The van der Waals surface area contributed by atoms with E-state index in [1.54, 1.807) is 6.07 Å². The van der Waals surface area contributed by atoms with Gasteiger partial charge in [0.25, 0.3) is 0 Å². The average Bonchev–Trinajstić information content (AvgIpc) is 2.39. The van der Waals surface area contributed by atoms with E-state index in [-0.39, 0.29) is 12.2 Å². The highest BCUT2D eigenvalue weighted by Gasteiger charge is 2.13. The van der Waals surface area contributed by atoms with E-state index in [1.165, 1.54) is 0 Å². The first kappa shape index (κ1) is 14.4. The topological polar surface area (TPSA) is 35.5 Å². The summed E-state index contributed by atoms with van der Waals surface area (Å²) in [5.74, 6) is 1.48. The van der Waals surface area contributed by atoms with Crippen LogP contribution in [0.5, 0.6) is 11.5 Å². The zero-order valence-corrected chi connectivity index (χ0v) is 12.3. The zero-order chi connectivity index (χ0) is 14.7.